The summed E-state index contributed by atoms with van der Waals surface area (Å²) in [5, 5.41) is 11.4. The maximum absolute atomic E-state index is 12.0. The molecular formula is C16H14ClN3O4. The van der Waals surface area contributed by atoms with E-state index in [1.165, 1.54) is 12.1 Å². The highest BCUT2D eigenvalue weighted by Gasteiger charge is 2.15. The van der Waals surface area contributed by atoms with Crippen LogP contribution in [0.25, 0.3) is 0 Å². The molecule has 2 aromatic carbocycles. The summed E-state index contributed by atoms with van der Waals surface area (Å²) in [6.07, 6.45) is 0.0610. The van der Waals surface area contributed by atoms with E-state index in [4.69, 9.17) is 11.6 Å². The Morgan fingerprint density at radius 1 is 1.12 bits per heavy atom. The van der Waals surface area contributed by atoms with Crippen molar-refractivity contribution in [3.63, 3.8) is 0 Å². The van der Waals surface area contributed by atoms with Gasteiger partial charge in [-0.15, -0.1) is 0 Å². The van der Waals surface area contributed by atoms with Gasteiger partial charge in [0.25, 0.3) is 11.6 Å². The van der Waals surface area contributed by atoms with E-state index in [9.17, 15) is 19.7 Å². The molecular weight excluding hydrogens is 334 g/mol. The fraction of sp³-hybridized carbons (Fsp3) is 0.125. The summed E-state index contributed by atoms with van der Waals surface area (Å²) in [5.74, 6) is -1.06. The van der Waals surface area contributed by atoms with Crippen molar-refractivity contribution in [3.8, 4) is 0 Å². The molecule has 124 valence electrons. The van der Waals surface area contributed by atoms with E-state index >= 15 is 0 Å². The normalized spacial score (nSPS) is 10.1. The van der Waals surface area contributed by atoms with Crippen molar-refractivity contribution < 1.29 is 14.5 Å². The van der Waals surface area contributed by atoms with Crippen molar-refractivity contribution in [1.29, 1.82) is 0 Å². The summed E-state index contributed by atoms with van der Waals surface area (Å²) in [7, 11) is 0. The summed E-state index contributed by atoms with van der Waals surface area (Å²) in [4.78, 5) is 34.1. The van der Waals surface area contributed by atoms with Gasteiger partial charge < -0.3 is 0 Å². The molecule has 0 aliphatic carbocycles. The minimum absolute atomic E-state index is 0.0610. The maximum atomic E-state index is 12.0. The molecule has 0 aliphatic rings. The standard InChI is InChI=1S/C16H14ClN3O4/c1-10-2-5-12(9-14(10)20(23)24)16(22)19-18-15(21)8-11-3-6-13(17)7-4-11/h2-7,9H,8H2,1H3,(H,18,21)(H,19,22). The lowest BCUT2D eigenvalue weighted by Gasteiger charge is -2.08. The van der Waals surface area contributed by atoms with E-state index in [1.54, 1.807) is 31.2 Å². The number of halogens is 1. The minimum atomic E-state index is -0.637. The lowest BCUT2D eigenvalue weighted by atomic mass is 10.1. The third kappa shape index (κ3) is 4.53. The number of nitro groups is 1. The Morgan fingerprint density at radius 2 is 1.79 bits per heavy atom. The summed E-state index contributed by atoms with van der Waals surface area (Å²) >= 11 is 5.76. The highest BCUT2D eigenvalue weighted by atomic mass is 35.5. The molecule has 0 fully saturated rings. The van der Waals surface area contributed by atoms with Gasteiger partial charge in [0, 0.05) is 22.2 Å². The van der Waals surface area contributed by atoms with Crippen LogP contribution in [0.3, 0.4) is 0 Å². The van der Waals surface area contributed by atoms with Gasteiger partial charge in [-0.3, -0.25) is 30.6 Å². The number of nitro benzene ring substituents is 1. The van der Waals surface area contributed by atoms with Crippen LogP contribution in [0.2, 0.25) is 5.02 Å². The number of hydrazine groups is 1. The van der Waals surface area contributed by atoms with Crippen LogP contribution >= 0.6 is 11.6 Å². The van der Waals surface area contributed by atoms with Gasteiger partial charge in [-0.25, -0.2) is 0 Å². The molecule has 2 aromatic rings. The van der Waals surface area contributed by atoms with Gasteiger partial charge in [0.2, 0.25) is 5.91 Å². The summed E-state index contributed by atoms with van der Waals surface area (Å²) in [6.45, 7) is 1.58. The minimum Gasteiger partial charge on any atom is -0.273 e. The van der Waals surface area contributed by atoms with Gasteiger partial charge in [0.05, 0.1) is 11.3 Å². The molecule has 2 amide bonds. The van der Waals surface area contributed by atoms with E-state index in [-0.39, 0.29) is 17.7 Å². The lowest BCUT2D eigenvalue weighted by Crippen LogP contribution is -2.42. The SMILES string of the molecule is Cc1ccc(C(=O)NNC(=O)Cc2ccc(Cl)cc2)cc1[N+](=O)[O-]. The molecule has 24 heavy (non-hydrogen) atoms. The second-order valence-electron chi connectivity index (χ2n) is 5.06. The zero-order valence-electron chi connectivity index (χ0n) is 12.7. The molecule has 0 bridgehead atoms. The smallest absolute Gasteiger partial charge is 0.273 e. The van der Waals surface area contributed by atoms with Crippen molar-refractivity contribution in [3.05, 3.63) is 74.3 Å². The zero-order chi connectivity index (χ0) is 17.7. The quantitative estimate of drug-likeness (QED) is 0.655. The highest BCUT2D eigenvalue weighted by molar-refractivity contribution is 6.30. The fourth-order valence-corrected chi connectivity index (χ4v) is 2.10. The molecule has 0 saturated carbocycles. The molecule has 0 spiro atoms. The number of benzene rings is 2. The Balaban J connectivity index is 1.95. The summed E-state index contributed by atoms with van der Waals surface area (Å²) < 4.78 is 0. The largest absolute Gasteiger partial charge is 0.273 e. The zero-order valence-corrected chi connectivity index (χ0v) is 13.5. The third-order valence-electron chi connectivity index (χ3n) is 3.26. The molecule has 0 heterocycles. The summed E-state index contributed by atoms with van der Waals surface area (Å²) in [6, 6.07) is 10.8. The highest BCUT2D eigenvalue weighted by Crippen LogP contribution is 2.19. The average Bonchev–Trinajstić information content (AvgIpc) is 2.55. The predicted octanol–water partition coefficient (Wildman–Crippen LogP) is 2.56. The Morgan fingerprint density at radius 3 is 2.42 bits per heavy atom. The Hall–Kier alpha value is -2.93. The van der Waals surface area contributed by atoms with E-state index < -0.39 is 16.7 Å². The summed E-state index contributed by atoms with van der Waals surface area (Å²) in [5.41, 5.74) is 5.60. The topological polar surface area (TPSA) is 101 Å². The van der Waals surface area contributed by atoms with Crippen LogP contribution in [-0.2, 0) is 11.2 Å². The number of carbonyl (C=O) groups is 2. The van der Waals surface area contributed by atoms with Crippen molar-refractivity contribution in [1.82, 2.24) is 10.9 Å². The first-order valence-electron chi connectivity index (χ1n) is 6.95. The molecule has 7 nitrogen and oxygen atoms in total. The first kappa shape index (κ1) is 17.4. The van der Waals surface area contributed by atoms with Gasteiger partial charge in [-0.2, -0.15) is 0 Å². The lowest BCUT2D eigenvalue weighted by molar-refractivity contribution is -0.385. The molecule has 0 saturated heterocycles. The molecule has 0 aromatic heterocycles. The van der Waals surface area contributed by atoms with Gasteiger partial charge >= 0.3 is 0 Å². The molecule has 2 N–H and O–H groups in total. The van der Waals surface area contributed by atoms with Crippen LogP contribution < -0.4 is 10.9 Å². The van der Waals surface area contributed by atoms with Gasteiger partial charge in [0.15, 0.2) is 0 Å². The van der Waals surface area contributed by atoms with Crippen LogP contribution in [0.15, 0.2) is 42.5 Å². The average molecular weight is 348 g/mol. The Kier molecular flexibility index (Phi) is 5.49. The van der Waals surface area contributed by atoms with E-state index in [0.717, 1.165) is 11.6 Å². The molecule has 0 atom stereocenters. The number of nitrogens with zero attached hydrogens (tertiary/aromatic N) is 1. The predicted molar refractivity (Wildman–Crippen MR) is 88.6 cm³/mol. The Labute approximate surface area is 142 Å². The number of hydrogen-bond acceptors (Lipinski definition) is 4. The number of carbonyl (C=O) groups excluding carboxylic acids is 2. The number of amides is 2. The fourth-order valence-electron chi connectivity index (χ4n) is 1.98. The Bertz CT molecular complexity index is 790. The van der Waals surface area contributed by atoms with Crippen LogP contribution in [0.1, 0.15) is 21.5 Å². The number of rotatable bonds is 4. The third-order valence-corrected chi connectivity index (χ3v) is 3.51. The molecule has 2 rings (SSSR count). The first-order valence-corrected chi connectivity index (χ1v) is 7.33. The number of nitrogens with one attached hydrogen (secondary N) is 2. The van der Waals surface area contributed by atoms with Crippen molar-refractivity contribution in [2.45, 2.75) is 13.3 Å². The maximum Gasteiger partial charge on any atom is 0.273 e. The van der Waals surface area contributed by atoms with Crippen LogP contribution in [0.5, 0.6) is 0 Å². The molecule has 8 heteroatoms. The van der Waals surface area contributed by atoms with Crippen LogP contribution in [0, 0.1) is 17.0 Å². The van der Waals surface area contributed by atoms with E-state index in [1.807, 2.05) is 0 Å². The monoisotopic (exact) mass is 347 g/mol. The molecule has 0 aliphatic heterocycles. The first-order chi connectivity index (χ1) is 11.4. The molecule has 0 radical (unpaired) electrons. The van der Waals surface area contributed by atoms with Gasteiger partial charge in [-0.1, -0.05) is 29.8 Å². The molecule has 0 unspecified atom stereocenters. The van der Waals surface area contributed by atoms with Crippen molar-refractivity contribution in [2.24, 2.45) is 0 Å². The van der Waals surface area contributed by atoms with Gasteiger partial charge in [-0.05, 0) is 30.7 Å². The van der Waals surface area contributed by atoms with Crippen LogP contribution in [0.4, 0.5) is 5.69 Å². The van der Waals surface area contributed by atoms with Crippen molar-refractivity contribution >= 4 is 29.1 Å². The van der Waals surface area contributed by atoms with E-state index in [2.05, 4.69) is 10.9 Å². The second kappa shape index (κ2) is 7.56. The number of hydrogen-bond donors (Lipinski definition) is 2. The van der Waals surface area contributed by atoms with Crippen molar-refractivity contribution in [2.75, 3.05) is 0 Å². The number of aryl methyl sites for hydroxylation is 1. The van der Waals surface area contributed by atoms with Crippen LogP contribution in [-0.4, -0.2) is 16.7 Å². The second-order valence-corrected chi connectivity index (χ2v) is 5.50. The van der Waals surface area contributed by atoms with Gasteiger partial charge in [0.1, 0.15) is 0 Å². The van der Waals surface area contributed by atoms with E-state index in [0.29, 0.717) is 10.6 Å².